The van der Waals surface area contributed by atoms with E-state index in [0.717, 1.165) is 21.8 Å². The molecule has 0 spiro atoms. The summed E-state index contributed by atoms with van der Waals surface area (Å²) in [4.78, 5) is 13.2. The molecule has 3 aromatic carbocycles. The summed E-state index contributed by atoms with van der Waals surface area (Å²) in [5.74, 6) is -0.381. The van der Waals surface area contributed by atoms with Gasteiger partial charge in [-0.25, -0.2) is 4.79 Å². The van der Waals surface area contributed by atoms with Gasteiger partial charge in [-0.3, -0.25) is 0 Å². The predicted molar refractivity (Wildman–Crippen MR) is 87.7 cm³/mol. The summed E-state index contributed by atoms with van der Waals surface area (Å²) in [6, 6.07) is 19.1. The Morgan fingerprint density at radius 1 is 1.00 bits per heavy atom. The maximum absolute atomic E-state index is 11.7. The van der Waals surface area contributed by atoms with Crippen molar-refractivity contribution in [1.82, 2.24) is 15.0 Å². The van der Waals surface area contributed by atoms with Crippen molar-refractivity contribution in [3.63, 3.8) is 0 Å². The third kappa shape index (κ3) is 2.23. The number of hydrogen-bond donors (Lipinski definition) is 0. The van der Waals surface area contributed by atoms with Crippen LogP contribution < -0.4 is 0 Å². The number of carbonyl (C=O) groups is 1. The minimum Gasteiger partial charge on any atom is -0.465 e. The van der Waals surface area contributed by atoms with E-state index in [0.29, 0.717) is 11.3 Å². The molecule has 0 N–H and O–H groups in total. The lowest BCUT2D eigenvalue weighted by molar-refractivity contribution is 0.0600. The number of hydrogen-bond acceptors (Lipinski definition) is 4. The van der Waals surface area contributed by atoms with Crippen molar-refractivity contribution in [2.24, 2.45) is 0 Å². The average Bonchev–Trinajstić information content (AvgIpc) is 3.06. The zero-order chi connectivity index (χ0) is 15.8. The van der Waals surface area contributed by atoms with Gasteiger partial charge in [0.15, 0.2) is 0 Å². The summed E-state index contributed by atoms with van der Waals surface area (Å²) in [5, 5.41) is 11.3. The number of aromatic nitrogens is 3. The van der Waals surface area contributed by atoms with Crippen molar-refractivity contribution in [2.75, 3.05) is 7.11 Å². The van der Waals surface area contributed by atoms with Crippen molar-refractivity contribution in [3.8, 4) is 5.69 Å². The fourth-order valence-electron chi connectivity index (χ4n) is 2.64. The molecule has 1 heterocycles. The first-order valence-corrected chi connectivity index (χ1v) is 7.20. The van der Waals surface area contributed by atoms with E-state index in [1.807, 2.05) is 42.5 Å². The molecule has 0 fully saturated rings. The van der Waals surface area contributed by atoms with Gasteiger partial charge in [-0.05, 0) is 29.7 Å². The predicted octanol–water partition coefficient (Wildman–Crippen LogP) is 3.36. The molecule has 0 aliphatic heterocycles. The molecular formula is C18H13N3O2. The monoisotopic (exact) mass is 303 g/mol. The van der Waals surface area contributed by atoms with Crippen LogP contribution in [0.15, 0.2) is 60.7 Å². The third-order valence-electron chi connectivity index (χ3n) is 3.77. The fraction of sp³-hybridized carbons (Fsp3) is 0.0556. The first-order chi connectivity index (χ1) is 11.3. The Kier molecular flexibility index (Phi) is 3.05. The minimum atomic E-state index is -0.381. The highest BCUT2D eigenvalue weighted by molar-refractivity contribution is 6.03. The largest absolute Gasteiger partial charge is 0.465 e. The second-order valence-corrected chi connectivity index (χ2v) is 5.19. The normalized spacial score (nSPS) is 11.0. The molecular weight excluding hydrogens is 290 g/mol. The Morgan fingerprint density at radius 2 is 1.87 bits per heavy atom. The number of benzene rings is 3. The summed E-state index contributed by atoms with van der Waals surface area (Å²) >= 11 is 0. The van der Waals surface area contributed by atoms with Crippen molar-refractivity contribution in [3.05, 3.63) is 66.2 Å². The van der Waals surface area contributed by atoms with E-state index in [-0.39, 0.29) is 5.97 Å². The van der Waals surface area contributed by atoms with E-state index >= 15 is 0 Å². The Hall–Kier alpha value is -3.21. The molecule has 4 rings (SSSR count). The van der Waals surface area contributed by atoms with Crippen LogP contribution in [0.2, 0.25) is 0 Å². The van der Waals surface area contributed by atoms with Crippen LogP contribution in [0.1, 0.15) is 10.4 Å². The molecule has 0 saturated heterocycles. The van der Waals surface area contributed by atoms with E-state index in [4.69, 9.17) is 4.74 Å². The highest BCUT2D eigenvalue weighted by atomic mass is 16.5. The van der Waals surface area contributed by atoms with E-state index < -0.39 is 0 Å². The summed E-state index contributed by atoms with van der Waals surface area (Å²) in [5.41, 5.74) is 2.84. The van der Waals surface area contributed by atoms with Crippen LogP contribution in [0.3, 0.4) is 0 Å². The molecule has 0 unspecified atom stereocenters. The number of esters is 1. The van der Waals surface area contributed by atoms with Gasteiger partial charge in [0.05, 0.1) is 18.4 Å². The van der Waals surface area contributed by atoms with E-state index in [1.165, 1.54) is 7.11 Å². The van der Waals surface area contributed by atoms with Gasteiger partial charge in [-0.1, -0.05) is 36.4 Å². The lowest BCUT2D eigenvalue weighted by Crippen LogP contribution is -2.04. The minimum absolute atomic E-state index is 0.381. The van der Waals surface area contributed by atoms with Crippen LogP contribution in [-0.4, -0.2) is 28.1 Å². The molecule has 1 aromatic heterocycles. The van der Waals surface area contributed by atoms with Crippen LogP contribution >= 0.6 is 0 Å². The molecule has 0 aliphatic rings. The van der Waals surface area contributed by atoms with Crippen molar-refractivity contribution >= 4 is 27.8 Å². The molecule has 5 heteroatoms. The van der Waals surface area contributed by atoms with Gasteiger partial charge in [0.1, 0.15) is 11.0 Å². The van der Waals surface area contributed by atoms with E-state index in [9.17, 15) is 4.79 Å². The lowest BCUT2D eigenvalue weighted by Gasteiger charge is -2.02. The SMILES string of the molecule is COC(=O)c1cccc(-n2nc3ccc4ccccc4c3n2)c1. The first-order valence-electron chi connectivity index (χ1n) is 7.20. The van der Waals surface area contributed by atoms with Crippen molar-refractivity contribution in [2.45, 2.75) is 0 Å². The van der Waals surface area contributed by atoms with Crippen LogP contribution in [-0.2, 0) is 4.74 Å². The molecule has 0 saturated carbocycles. The maximum Gasteiger partial charge on any atom is 0.337 e. The Bertz CT molecular complexity index is 1040. The molecule has 0 aliphatic carbocycles. The van der Waals surface area contributed by atoms with Crippen LogP contribution in [0.4, 0.5) is 0 Å². The summed E-state index contributed by atoms with van der Waals surface area (Å²) < 4.78 is 4.75. The number of fused-ring (bicyclic) bond motifs is 3. The van der Waals surface area contributed by atoms with Crippen LogP contribution in [0.5, 0.6) is 0 Å². The zero-order valence-corrected chi connectivity index (χ0v) is 12.4. The molecule has 0 amide bonds. The number of ether oxygens (including phenoxy) is 1. The van der Waals surface area contributed by atoms with E-state index in [2.05, 4.69) is 10.2 Å². The van der Waals surface area contributed by atoms with E-state index in [1.54, 1.807) is 23.0 Å². The quantitative estimate of drug-likeness (QED) is 0.533. The van der Waals surface area contributed by atoms with Gasteiger partial charge in [-0.15, -0.1) is 10.2 Å². The Morgan fingerprint density at radius 3 is 2.74 bits per heavy atom. The first kappa shape index (κ1) is 13.5. The third-order valence-corrected chi connectivity index (χ3v) is 3.77. The van der Waals surface area contributed by atoms with Crippen LogP contribution in [0, 0.1) is 0 Å². The van der Waals surface area contributed by atoms with Gasteiger partial charge in [-0.2, -0.15) is 4.80 Å². The average molecular weight is 303 g/mol. The molecule has 4 aromatic rings. The van der Waals surface area contributed by atoms with Gasteiger partial charge in [0.2, 0.25) is 0 Å². The molecule has 0 radical (unpaired) electrons. The number of rotatable bonds is 2. The number of methoxy groups -OCH3 is 1. The summed E-state index contributed by atoms with van der Waals surface area (Å²) in [6.07, 6.45) is 0. The summed E-state index contributed by atoms with van der Waals surface area (Å²) in [7, 11) is 1.36. The Labute approximate surface area is 132 Å². The van der Waals surface area contributed by atoms with Crippen molar-refractivity contribution < 1.29 is 9.53 Å². The molecule has 5 nitrogen and oxygen atoms in total. The number of nitrogens with zero attached hydrogens (tertiary/aromatic N) is 3. The standard InChI is InChI=1S/C18H13N3O2/c1-23-18(22)13-6-4-7-14(11-13)21-19-16-10-9-12-5-2-3-8-15(12)17(16)20-21/h2-11H,1H3. The molecule has 112 valence electrons. The van der Waals surface area contributed by atoms with Crippen LogP contribution in [0.25, 0.3) is 27.5 Å². The highest BCUT2D eigenvalue weighted by Crippen LogP contribution is 2.23. The molecule has 0 atom stereocenters. The van der Waals surface area contributed by atoms with Gasteiger partial charge in [0.25, 0.3) is 0 Å². The lowest BCUT2D eigenvalue weighted by atomic mass is 10.1. The molecule has 23 heavy (non-hydrogen) atoms. The topological polar surface area (TPSA) is 57.0 Å². The smallest absolute Gasteiger partial charge is 0.337 e. The van der Waals surface area contributed by atoms with Gasteiger partial charge in [0, 0.05) is 5.39 Å². The highest BCUT2D eigenvalue weighted by Gasteiger charge is 2.10. The Balaban J connectivity index is 1.90. The number of carbonyl (C=O) groups excluding carboxylic acids is 1. The second kappa shape index (κ2) is 5.21. The maximum atomic E-state index is 11.7. The van der Waals surface area contributed by atoms with Crippen molar-refractivity contribution in [1.29, 1.82) is 0 Å². The summed E-state index contributed by atoms with van der Waals surface area (Å²) in [6.45, 7) is 0. The molecule has 0 bridgehead atoms. The van der Waals surface area contributed by atoms with Gasteiger partial charge < -0.3 is 4.74 Å². The zero-order valence-electron chi connectivity index (χ0n) is 12.4. The second-order valence-electron chi connectivity index (χ2n) is 5.19. The fourth-order valence-corrected chi connectivity index (χ4v) is 2.64. The van der Waals surface area contributed by atoms with Gasteiger partial charge >= 0.3 is 5.97 Å².